The molecule has 172 valence electrons. The van der Waals surface area contributed by atoms with Gasteiger partial charge in [-0.1, -0.05) is 37.6 Å². The largest absolute Gasteiger partial charge is 0.465 e. The first kappa shape index (κ1) is 23.1. The Labute approximate surface area is 200 Å². The highest BCUT2D eigenvalue weighted by molar-refractivity contribution is 7.17. The van der Waals surface area contributed by atoms with Crippen molar-refractivity contribution in [2.45, 2.75) is 40.2 Å². The van der Waals surface area contributed by atoms with Crippen molar-refractivity contribution < 1.29 is 14.3 Å². The quantitative estimate of drug-likeness (QED) is 0.526. The summed E-state index contributed by atoms with van der Waals surface area (Å²) < 4.78 is 7.27. The number of ether oxygens (including phenoxy) is 1. The number of nitrogens with zero attached hydrogens (tertiary/aromatic N) is 4. The maximum absolute atomic E-state index is 12.6. The standard InChI is InChI=1S/C23H24ClN5O3S/c1-11(2)10-32-17(30)9-16-22-28-27-13(4)29(22)23-18(12(3)20(33-23)21(25)31)19(26-16)14-5-7-15(24)8-6-14/h5-8,11,16H,9-10H2,1-4H3,(H2,25,31)/t16-/m0/s1. The van der Waals surface area contributed by atoms with Crippen molar-refractivity contribution in [2.75, 3.05) is 6.61 Å². The fraction of sp³-hybridized carbons (Fsp3) is 0.348. The molecule has 1 aliphatic heterocycles. The number of thiophene rings is 1. The second-order valence-electron chi connectivity index (χ2n) is 8.32. The Morgan fingerprint density at radius 3 is 2.55 bits per heavy atom. The minimum Gasteiger partial charge on any atom is -0.465 e. The lowest BCUT2D eigenvalue weighted by molar-refractivity contribution is -0.145. The number of nitrogens with two attached hydrogens (primary N) is 1. The van der Waals surface area contributed by atoms with Gasteiger partial charge >= 0.3 is 5.97 Å². The van der Waals surface area contributed by atoms with Crippen molar-refractivity contribution in [3.8, 4) is 5.00 Å². The molecule has 2 aromatic heterocycles. The molecule has 2 N–H and O–H groups in total. The van der Waals surface area contributed by atoms with Crippen molar-refractivity contribution >= 4 is 40.5 Å². The van der Waals surface area contributed by atoms with E-state index >= 15 is 0 Å². The number of carbonyl (C=O) groups excluding carboxylic acids is 2. The summed E-state index contributed by atoms with van der Waals surface area (Å²) in [6.45, 7) is 7.96. The highest BCUT2D eigenvalue weighted by Crippen LogP contribution is 2.39. The van der Waals surface area contributed by atoms with Crippen LogP contribution in [-0.4, -0.2) is 39.0 Å². The Kier molecular flexibility index (Phi) is 6.36. The first-order valence-electron chi connectivity index (χ1n) is 10.5. The first-order valence-corrected chi connectivity index (χ1v) is 11.7. The van der Waals surface area contributed by atoms with Gasteiger partial charge in [0.2, 0.25) is 0 Å². The van der Waals surface area contributed by atoms with Crippen LogP contribution in [0, 0.1) is 19.8 Å². The van der Waals surface area contributed by atoms with Crippen LogP contribution in [0.4, 0.5) is 0 Å². The van der Waals surface area contributed by atoms with Crippen LogP contribution in [0.1, 0.15) is 64.3 Å². The first-order chi connectivity index (χ1) is 15.7. The molecule has 3 heterocycles. The van der Waals surface area contributed by atoms with Crippen LogP contribution in [0.3, 0.4) is 0 Å². The predicted molar refractivity (Wildman–Crippen MR) is 127 cm³/mol. The summed E-state index contributed by atoms with van der Waals surface area (Å²) in [5, 5.41) is 9.90. The maximum Gasteiger partial charge on any atom is 0.308 e. The lowest BCUT2D eigenvalue weighted by Gasteiger charge is -2.13. The minimum absolute atomic E-state index is 0.0125. The maximum atomic E-state index is 12.6. The van der Waals surface area contributed by atoms with E-state index < -0.39 is 11.9 Å². The van der Waals surface area contributed by atoms with Gasteiger partial charge in [0.1, 0.15) is 16.9 Å². The molecule has 10 heteroatoms. The number of primary amides is 1. The third kappa shape index (κ3) is 4.43. The number of halogens is 1. The Morgan fingerprint density at radius 1 is 1.21 bits per heavy atom. The Morgan fingerprint density at radius 2 is 1.91 bits per heavy atom. The van der Waals surface area contributed by atoms with E-state index in [9.17, 15) is 9.59 Å². The Balaban J connectivity index is 1.91. The van der Waals surface area contributed by atoms with E-state index in [1.165, 1.54) is 11.3 Å². The number of esters is 1. The van der Waals surface area contributed by atoms with Crippen molar-refractivity contribution in [1.82, 2.24) is 14.8 Å². The normalized spacial score (nSPS) is 15.0. The Bertz CT molecular complexity index is 1260. The van der Waals surface area contributed by atoms with E-state index in [2.05, 4.69) is 10.2 Å². The number of fused-ring (bicyclic) bond motifs is 3. The number of carbonyl (C=O) groups is 2. The zero-order valence-corrected chi connectivity index (χ0v) is 20.3. The van der Waals surface area contributed by atoms with Gasteiger partial charge in [0.25, 0.3) is 5.91 Å². The highest BCUT2D eigenvalue weighted by atomic mass is 35.5. The van der Waals surface area contributed by atoms with Gasteiger partial charge in [0.05, 0.1) is 23.6 Å². The SMILES string of the molecule is Cc1c(C(N)=O)sc2c1C(c1ccc(Cl)cc1)=N[C@@H](CC(=O)OCC(C)C)c1nnc(C)n1-2. The topological polar surface area (TPSA) is 112 Å². The zero-order chi connectivity index (χ0) is 23.9. The molecule has 0 saturated carbocycles. The zero-order valence-electron chi connectivity index (χ0n) is 18.8. The second-order valence-corrected chi connectivity index (χ2v) is 9.76. The van der Waals surface area contributed by atoms with Gasteiger partial charge in [0, 0.05) is 16.1 Å². The molecular weight excluding hydrogens is 462 g/mol. The van der Waals surface area contributed by atoms with Gasteiger partial charge in [-0.05, 0) is 37.5 Å². The molecule has 0 fully saturated rings. The van der Waals surface area contributed by atoms with Crippen LogP contribution in [0.5, 0.6) is 0 Å². The van der Waals surface area contributed by atoms with Crippen LogP contribution in [0.15, 0.2) is 29.3 Å². The van der Waals surface area contributed by atoms with Gasteiger partial charge in [-0.15, -0.1) is 21.5 Å². The fourth-order valence-electron chi connectivity index (χ4n) is 3.73. The van der Waals surface area contributed by atoms with Gasteiger partial charge in [0.15, 0.2) is 5.82 Å². The van der Waals surface area contributed by atoms with E-state index in [4.69, 9.17) is 27.1 Å². The van der Waals surface area contributed by atoms with E-state index in [0.29, 0.717) is 33.9 Å². The molecule has 0 spiro atoms. The number of rotatable bonds is 6. The number of aryl methyl sites for hydroxylation is 1. The lowest BCUT2D eigenvalue weighted by Crippen LogP contribution is -2.15. The summed E-state index contributed by atoms with van der Waals surface area (Å²) in [7, 11) is 0. The summed E-state index contributed by atoms with van der Waals surface area (Å²) in [6.07, 6.45) is 0.0125. The number of hydrogen-bond acceptors (Lipinski definition) is 7. The molecule has 0 bridgehead atoms. The van der Waals surface area contributed by atoms with E-state index in [1.54, 1.807) is 12.1 Å². The van der Waals surface area contributed by atoms with E-state index in [1.807, 2.05) is 44.4 Å². The van der Waals surface area contributed by atoms with Crippen molar-refractivity contribution in [2.24, 2.45) is 16.6 Å². The molecular formula is C23H24ClN5O3S. The predicted octanol–water partition coefficient (Wildman–Crippen LogP) is 4.18. The number of aromatic nitrogens is 3. The smallest absolute Gasteiger partial charge is 0.308 e. The summed E-state index contributed by atoms with van der Waals surface area (Å²) in [6, 6.07) is 6.65. The summed E-state index contributed by atoms with van der Waals surface area (Å²) in [5.74, 6) is 0.485. The van der Waals surface area contributed by atoms with Gasteiger partial charge in [-0.25, -0.2) is 0 Å². The minimum atomic E-state index is -0.618. The molecule has 0 unspecified atom stereocenters. The molecule has 1 aliphatic rings. The van der Waals surface area contributed by atoms with Crippen LogP contribution in [-0.2, 0) is 9.53 Å². The molecule has 1 amide bonds. The number of aliphatic imine (C=N–C) groups is 1. The summed E-state index contributed by atoms with van der Waals surface area (Å²) >= 11 is 7.38. The molecule has 0 aliphatic carbocycles. The molecule has 4 rings (SSSR count). The lowest BCUT2D eigenvalue weighted by atomic mass is 9.99. The van der Waals surface area contributed by atoms with Gasteiger partial charge in [-0.3, -0.25) is 19.1 Å². The summed E-state index contributed by atoms with van der Waals surface area (Å²) in [5.41, 5.74) is 8.58. The monoisotopic (exact) mass is 485 g/mol. The molecule has 0 radical (unpaired) electrons. The van der Waals surface area contributed by atoms with Crippen LogP contribution < -0.4 is 5.73 Å². The summed E-state index contributed by atoms with van der Waals surface area (Å²) in [4.78, 5) is 30.2. The third-order valence-electron chi connectivity index (χ3n) is 5.28. The van der Waals surface area contributed by atoms with Crippen LogP contribution in [0.25, 0.3) is 5.00 Å². The molecule has 33 heavy (non-hydrogen) atoms. The molecule has 1 atom stereocenters. The molecule has 8 nitrogen and oxygen atoms in total. The van der Waals surface area contributed by atoms with Gasteiger partial charge < -0.3 is 10.5 Å². The molecule has 3 aromatic rings. The molecule has 1 aromatic carbocycles. The van der Waals surface area contributed by atoms with Crippen molar-refractivity contribution in [1.29, 1.82) is 0 Å². The third-order valence-corrected chi connectivity index (χ3v) is 6.82. The number of hydrogen-bond donors (Lipinski definition) is 1. The van der Waals surface area contributed by atoms with Gasteiger partial charge in [-0.2, -0.15) is 0 Å². The average Bonchev–Trinajstić information content (AvgIpc) is 3.26. The Hall–Kier alpha value is -3.04. The van der Waals surface area contributed by atoms with Crippen molar-refractivity contribution in [3.63, 3.8) is 0 Å². The van der Waals surface area contributed by atoms with E-state index in [-0.39, 0.29) is 18.3 Å². The second kappa shape index (κ2) is 9.07. The van der Waals surface area contributed by atoms with Crippen LogP contribution >= 0.6 is 22.9 Å². The van der Waals surface area contributed by atoms with Crippen molar-refractivity contribution in [3.05, 3.63) is 62.5 Å². The highest BCUT2D eigenvalue weighted by Gasteiger charge is 2.34. The fourth-order valence-corrected chi connectivity index (χ4v) is 5.08. The van der Waals surface area contributed by atoms with E-state index in [0.717, 1.165) is 21.7 Å². The molecule has 0 saturated heterocycles. The number of amides is 1. The number of benzene rings is 1. The average molecular weight is 486 g/mol. The van der Waals surface area contributed by atoms with Crippen LogP contribution in [0.2, 0.25) is 5.02 Å².